The van der Waals surface area contributed by atoms with Crippen LogP contribution < -0.4 is 9.46 Å². The number of benzene rings is 2. The summed E-state index contributed by atoms with van der Waals surface area (Å²) in [5.74, 6) is -0.248. The zero-order valence-corrected chi connectivity index (χ0v) is 19.7. The fourth-order valence-corrected chi connectivity index (χ4v) is 4.09. The largest absolute Gasteiger partial charge is 0.494 e. The Bertz CT molecular complexity index is 1230. The number of halogens is 4. The fourth-order valence-electron chi connectivity index (χ4n) is 3.54. The molecular weight excluding hydrogens is 481 g/mol. The molecule has 1 heterocycles. The van der Waals surface area contributed by atoms with E-state index in [2.05, 4.69) is 4.98 Å². The lowest BCUT2D eigenvalue weighted by Gasteiger charge is -2.10. The zero-order valence-electron chi connectivity index (χ0n) is 18.1. The van der Waals surface area contributed by atoms with E-state index in [0.29, 0.717) is 28.1 Å². The molecule has 1 aromatic heterocycles. The van der Waals surface area contributed by atoms with E-state index in [9.17, 15) is 26.7 Å². The zero-order chi connectivity index (χ0) is 24.6. The topological polar surface area (TPSA) is 91.4 Å². The maximum atomic E-state index is 13.1. The number of aryl methyl sites for hydroxylation is 3. The maximum absolute atomic E-state index is 13.1. The number of carbonyl (C=O) groups is 1. The molecule has 0 saturated carbocycles. The number of aromatic nitrogens is 1. The fraction of sp³-hybridized carbons (Fsp3) is 0.318. The van der Waals surface area contributed by atoms with Crippen LogP contribution in [0.1, 0.15) is 39.2 Å². The van der Waals surface area contributed by atoms with Gasteiger partial charge in [-0.15, -0.1) is 4.72 Å². The molecule has 1 atom stereocenters. The molecule has 1 amide bonds. The lowest BCUT2D eigenvalue weighted by Crippen LogP contribution is -2.34. The van der Waals surface area contributed by atoms with Crippen LogP contribution in [0.15, 0.2) is 30.3 Å². The van der Waals surface area contributed by atoms with Gasteiger partial charge >= 0.3 is 22.5 Å². The van der Waals surface area contributed by atoms with Gasteiger partial charge in [-0.3, -0.25) is 4.79 Å². The van der Waals surface area contributed by atoms with Crippen molar-refractivity contribution in [2.45, 2.75) is 32.9 Å². The van der Waals surface area contributed by atoms with Crippen LogP contribution in [0.5, 0.6) is 5.75 Å². The first kappa shape index (κ1) is 25.1. The Morgan fingerprint density at radius 2 is 1.85 bits per heavy atom. The summed E-state index contributed by atoms with van der Waals surface area (Å²) in [6, 6.07) is 6.74. The van der Waals surface area contributed by atoms with E-state index in [0.717, 1.165) is 29.5 Å². The molecule has 0 saturated heterocycles. The molecule has 0 bridgehead atoms. The minimum Gasteiger partial charge on any atom is -0.494 e. The van der Waals surface area contributed by atoms with Crippen LogP contribution in [0.3, 0.4) is 0 Å². The van der Waals surface area contributed by atoms with Crippen molar-refractivity contribution >= 4 is 38.8 Å². The molecule has 1 unspecified atom stereocenters. The Labute approximate surface area is 194 Å². The molecule has 0 spiro atoms. The Morgan fingerprint density at radius 1 is 1.21 bits per heavy atom. The van der Waals surface area contributed by atoms with Crippen LogP contribution >= 0.6 is 11.6 Å². The number of amides is 1. The highest BCUT2D eigenvalue weighted by molar-refractivity contribution is 7.95. The summed E-state index contributed by atoms with van der Waals surface area (Å²) in [6.07, 6.45) is -2.89. The Hall–Kier alpha value is -2.56. The Balaban J connectivity index is 1.85. The molecule has 11 heteroatoms. The van der Waals surface area contributed by atoms with Crippen molar-refractivity contribution in [3.63, 3.8) is 0 Å². The van der Waals surface area contributed by atoms with Gasteiger partial charge < -0.3 is 9.72 Å². The van der Waals surface area contributed by atoms with Crippen LogP contribution in [0.4, 0.5) is 13.2 Å². The number of nitrogens with one attached hydrogen (secondary N) is 2. The number of rotatable bonds is 7. The monoisotopic (exact) mass is 503 g/mol. The van der Waals surface area contributed by atoms with Gasteiger partial charge in [0.2, 0.25) is 0 Å². The predicted molar refractivity (Wildman–Crippen MR) is 122 cm³/mol. The highest BCUT2D eigenvalue weighted by Crippen LogP contribution is 2.33. The first-order chi connectivity index (χ1) is 15.3. The molecule has 0 radical (unpaired) electrons. The minimum absolute atomic E-state index is 0.0638. The molecule has 2 aromatic carbocycles. The van der Waals surface area contributed by atoms with E-state index in [1.807, 2.05) is 18.6 Å². The van der Waals surface area contributed by atoms with Gasteiger partial charge in [-0.25, -0.2) is 0 Å². The van der Waals surface area contributed by atoms with E-state index in [-0.39, 0.29) is 24.2 Å². The third kappa shape index (κ3) is 6.07. The number of carbonyl (C=O) groups excluding carboxylic acids is 1. The minimum atomic E-state index is -4.55. The Morgan fingerprint density at radius 3 is 2.42 bits per heavy atom. The SMILES string of the molecule is Cc1cc(OCCCc2c(C(=O)N[S+](C)(=O)O)[nH]c3cc(C(F)(F)F)ccc23)cc(C)c1Cl. The Kier molecular flexibility index (Phi) is 7.11. The lowest BCUT2D eigenvalue weighted by molar-refractivity contribution is -0.137. The highest BCUT2D eigenvalue weighted by atomic mass is 35.5. The van der Waals surface area contributed by atoms with Crippen molar-refractivity contribution in [3.05, 3.63) is 63.3 Å². The number of hydrogen-bond donors (Lipinski definition) is 3. The predicted octanol–water partition coefficient (Wildman–Crippen LogP) is 5.72. The normalized spacial score (nSPS) is 13.7. The summed E-state index contributed by atoms with van der Waals surface area (Å²) in [6.45, 7) is 4.00. The third-order valence-corrected chi connectivity index (χ3v) is 6.15. The first-order valence-corrected chi connectivity index (χ1v) is 12.2. The molecule has 3 aromatic rings. The second-order valence-corrected chi connectivity index (χ2v) is 9.98. The molecule has 0 aliphatic carbocycles. The van der Waals surface area contributed by atoms with Crippen LogP contribution in [0, 0.1) is 13.8 Å². The van der Waals surface area contributed by atoms with Crippen LogP contribution in [0.25, 0.3) is 10.9 Å². The van der Waals surface area contributed by atoms with Gasteiger partial charge in [0.05, 0.1) is 12.2 Å². The first-order valence-electron chi connectivity index (χ1n) is 9.91. The van der Waals surface area contributed by atoms with Gasteiger partial charge in [-0.1, -0.05) is 17.7 Å². The molecule has 0 aliphatic rings. The molecule has 0 fully saturated rings. The highest BCUT2D eigenvalue weighted by Gasteiger charge is 2.32. The summed E-state index contributed by atoms with van der Waals surface area (Å²) in [7, 11) is -3.62. The van der Waals surface area contributed by atoms with E-state index in [4.69, 9.17) is 16.3 Å². The van der Waals surface area contributed by atoms with E-state index in [1.54, 1.807) is 12.1 Å². The van der Waals surface area contributed by atoms with Gasteiger partial charge in [0.25, 0.3) is 0 Å². The van der Waals surface area contributed by atoms with Crippen molar-refractivity contribution in [1.82, 2.24) is 9.71 Å². The molecule has 3 rings (SSSR count). The second-order valence-electron chi connectivity index (χ2n) is 7.79. The van der Waals surface area contributed by atoms with Crippen molar-refractivity contribution in [3.8, 4) is 5.75 Å². The average molecular weight is 504 g/mol. The van der Waals surface area contributed by atoms with E-state index >= 15 is 0 Å². The molecule has 0 aliphatic heterocycles. The number of alkyl halides is 3. The van der Waals surface area contributed by atoms with E-state index in [1.165, 1.54) is 6.07 Å². The van der Waals surface area contributed by atoms with Crippen molar-refractivity contribution in [2.24, 2.45) is 0 Å². The maximum Gasteiger partial charge on any atom is 0.416 e. The standard InChI is InChI=1S/C22H22ClF3N2O4S/c1-12-9-15(10-13(2)19(12)23)32-8-4-5-17-16-7-6-14(22(24,25)26)11-18(16)27-20(17)21(29)28-33(3,30)31/h6-7,9-11H,4-5,8H2,1-3H3,(H2-,27,28,29,30,31)/p+1. The van der Waals surface area contributed by atoms with Crippen molar-refractivity contribution in [1.29, 1.82) is 0 Å². The van der Waals surface area contributed by atoms with Crippen LogP contribution in [-0.4, -0.2) is 28.3 Å². The quantitative estimate of drug-likeness (QED) is 0.284. The number of ether oxygens (including phenoxy) is 1. The average Bonchev–Trinajstić information content (AvgIpc) is 3.05. The molecular formula is C22H23ClF3N2O4S+. The van der Waals surface area contributed by atoms with E-state index < -0.39 is 28.0 Å². The van der Waals surface area contributed by atoms with Gasteiger partial charge in [-0.2, -0.15) is 17.7 Å². The van der Waals surface area contributed by atoms with Gasteiger partial charge in [0, 0.05) is 15.9 Å². The molecule has 6 nitrogen and oxygen atoms in total. The van der Waals surface area contributed by atoms with Crippen molar-refractivity contribution < 1.29 is 31.5 Å². The van der Waals surface area contributed by atoms with Crippen LogP contribution in [0.2, 0.25) is 5.02 Å². The summed E-state index contributed by atoms with van der Waals surface area (Å²) in [5, 5.41) is 1.08. The lowest BCUT2D eigenvalue weighted by atomic mass is 10.0. The summed E-state index contributed by atoms with van der Waals surface area (Å²) in [4.78, 5) is 15.2. The number of aromatic amines is 1. The number of hydrogen-bond acceptors (Lipinski definition) is 3. The van der Waals surface area contributed by atoms with Gasteiger partial charge in [-0.05, 0) is 71.9 Å². The summed E-state index contributed by atoms with van der Waals surface area (Å²) < 4.78 is 68.1. The number of H-pyrrole nitrogens is 1. The summed E-state index contributed by atoms with van der Waals surface area (Å²) in [5.41, 5.74) is 1.35. The number of fused-ring (bicyclic) bond motifs is 1. The smallest absolute Gasteiger partial charge is 0.416 e. The van der Waals surface area contributed by atoms with Crippen LogP contribution in [-0.2, 0) is 27.2 Å². The van der Waals surface area contributed by atoms with Gasteiger partial charge in [0.1, 0.15) is 11.4 Å². The molecule has 178 valence electrons. The summed E-state index contributed by atoms with van der Waals surface area (Å²) >= 11 is 6.16. The third-order valence-electron chi connectivity index (χ3n) is 4.99. The molecule has 33 heavy (non-hydrogen) atoms. The van der Waals surface area contributed by atoms with Crippen molar-refractivity contribution in [2.75, 3.05) is 12.9 Å². The second kappa shape index (κ2) is 9.36. The van der Waals surface area contributed by atoms with Gasteiger partial charge in [0.15, 0.2) is 6.26 Å². The molecule has 3 N–H and O–H groups in total.